The highest BCUT2D eigenvalue weighted by molar-refractivity contribution is 7.89. The molecular weight excluding hydrogens is 334 g/mol. The van der Waals surface area contributed by atoms with Gasteiger partial charge >= 0.3 is 5.69 Å². The molecule has 2 aromatic rings. The van der Waals surface area contributed by atoms with Gasteiger partial charge in [-0.2, -0.15) is 0 Å². The Morgan fingerprint density at radius 2 is 1.71 bits per heavy atom. The van der Waals surface area contributed by atoms with E-state index in [0.717, 1.165) is 15.2 Å². The maximum atomic E-state index is 12.6. The molecular formula is C15H15N3O5S. The minimum absolute atomic E-state index is 0.152. The van der Waals surface area contributed by atoms with Crippen LogP contribution in [0.1, 0.15) is 21.6 Å². The lowest BCUT2D eigenvalue weighted by molar-refractivity contribution is 0.0847. The molecule has 1 aromatic heterocycles. The number of fused-ring (bicyclic) bond motifs is 1. The number of benzene rings is 1. The first-order valence-electron chi connectivity index (χ1n) is 7.11. The maximum absolute atomic E-state index is 12.6. The first kappa shape index (κ1) is 16.2. The first-order valence-corrected chi connectivity index (χ1v) is 8.72. The fraction of sp³-hybridized carbons (Fsp3) is 0.267. The molecule has 0 radical (unpaired) electrons. The van der Waals surface area contributed by atoms with E-state index in [1.54, 1.807) is 24.3 Å². The van der Waals surface area contributed by atoms with Gasteiger partial charge in [0.05, 0.1) is 12.3 Å². The second kappa shape index (κ2) is 5.45. The molecule has 0 N–H and O–H groups in total. The quantitative estimate of drug-likeness (QED) is 0.733. The molecule has 24 heavy (non-hydrogen) atoms. The smallest absolute Gasteiger partial charge is 0.299 e. The van der Waals surface area contributed by atoms with Crippen LogP contribution < -0.4 is 11.2 Å². The van der Waals surface area contributed by atoms with Crippen LogP contribution in [0.4, 0.5) is 0 Å². The van der Waals surface area contributed by atoms with Crippen LogP contribution in [0.2, 0.25) is 0 Å². The van der Waals surface area contributed by atoms with Crippen molar-refractivity contribution >= 4 is 15.9 Å². The summed E-state index contributed by atoms with van der Waals surface area (Å²) in [6, 6.07) is 7.63. The molecule has 0 atom stereocenters. The molecule has 1 amide bonds. The summed E-state index contributed by atoms with van der Waals surface area (Å²) in [6.07, 6.45) is 0. The average Bonchev–Trinajstić information content (AvgIpc) is 2.53. The zero-order chi connectivity index (χ0) is 17.6. The monoisotopic (exact) mass is 349 g/mol. The van der Waals surface area contributed by atoms with E-state index in [-0.39, 0.29) is 18.0 Å². The molecule has 0 saturated carbocycles. The van der Waals surface area contributed by atoms with Gasteiger partial charge in [-0.05, 0) is 11.6 Å². The van der Waals surface area contributed by atoms with Crippen molar-refractivity contribution in [2.24, 2.45) is 14.1 Å². The van der Waals surface area contributed by atoms with E-state index in [4.69, 9.17) is 0 Å². The van der Waals surface area contributed by atoms with E-state index in [9.17, 15) is 22.8 Å². The Balaban J connectivity index is 2.10. The zero-order valence-electron chi connectivity index (χ0n) is 13.1. The van der Waals surface area contributed by atoms with Crippen molar-refractivity contribution in [2.75, 3.05) is 0 Å². The van der Waals surface area contributed by atoms with Crippen molar-refractivity contribution in [1.29, 1.82) is 0 Å². The number of aromatic nitrogens is 2. The zero-order valence-corrected chi connectivity index (χ0v) is 13.9. The summed E-state index contributed by atoms with van der Waals surface area (Å²) in [7, 11) is -1.13. The van der Waals surface area contributed by atoms with E-state index in [1.165, 1.54) is 14.1 Å². The van der Waals surface area contributed by atoms with Crippen LogP contribution in [-0.4, -0.2) is 27.8 Å². The van der Waals surface area contributed by atoms with Crippen LogP contribution in [0.5, 0.6) is 0 Å². The van der Waals surface area contributed by atoms with Crippen molar-refractivity contribution in [3.8, 4) is 0 Å². The Morgan fingerprint density at radius 1 is 1.04 bits per heavy atom. The highest BCUT2D eigenvalue weighted by atomic mass is 32.2. The van der Waals surface area contributed by atoms with E-state index < -0.39 is 27.2 Å². The van der Waals surface area contributed by atoms with Crippen LogP contribution in [0.3, 0.4) is 0 Å². The van der Waals surface area contributed by atoms with Gasteiger partial charge in [-0.15, -0.1) is 0 Å². The summed E-state index contributed by atoms with van der Waals surface area (Å²) < 4.78 is 27.7. The molecule has 0 unspecified atom stereocenters. The number of rotatable bonds is 2. The van der Waals surface area contributed by atoms with Crippen molar-refractivity contribution < 1.29 is 13.2 Å². The standard InChI is InChI=1S/C15H15N3O5S/c1-16-11(7-13(19)17(2)15(16)21)8-18-14(20)12-6-4-3-5-10(12)9-24(18,22)23/h3-7H,8-9H2,1-2H3. The minimum atomic E-state index is -3.88. The molecule has 1 aliphatic rings. The lowest BCUT2D eigenvalue weighted by Crippen LogP contribution is -2.44. The van der Waals surface area contributed by atoms with Crippen LogP contribution >= 0.6 is 0 Å². The van der Waals surface area contributed by atoms with Crippen molar-refractivity contribution in [1.82, 2.24) is 13.4 Å². The fourth-order valence-electron chi connectivity index (χ4n) is 2.64. The summed E-state index contributed by atoms with van der Waals surface area (Å²) in [5.74, 6) is -0.960. The van der Waals surface area contributed by atoms with Gasteiger partial charge in [-0.1, -0.05) is 18.2 Å². The number of amides is 1. The van der Waals surface area contributed by atoms with Crippen LogP contribution in [0.15, 0.2) is 39.9 Å². The predicted molar refractivity (Wildman–Crippen MR) is 85.9 cm³/mol. The number of carbonyl (C=O) groups is 1. The third-order valence-corrected chi connectivity index (χ3v) is 5.72. The Hall–Kier alpha value is -2.68. The Morgan fingerprint density at radius 3 is 2.42 bits per heavy atom. The number of sulfonamides is 1. The Labute approximate surface area is 137 Å². The lowest BCUT2D eigenvalue weighted by atomic mass is 10.1. The van der Waals surface area contributed by atoms with Crippen LogP contribution in [-0.2, 0) is 36.4 Å². The third-order valence-electron chi connectivity index (χ3n) is 4.08. The normalized spacial score (nSPS) is 16.1. The molecule has 9 heteroatoms. The van der Waals surface area contributed by atoms with Crippen LogP contribution in [0, 0.1) is 0 Å². The van der Waals surface area contributed by atoms with Gasteiger partial charge in [-0.25, -0.2) is 17.5 Å². The molecule has 8 nitrogen and oxygen atoms in total. The molecule has 3 rings (SSSR count). The minimum Gasteiger partial charge on any atom is -0.299 e. The Kier molecular flexibility index (Phi) is 3.67. The summed E-state index contributed by atoms with van der Waals surface area (Å²) >= 11 is 0. The molecule has 0 saturated heterocycles. The molecule has 0 bridgehead atoms. The van der Waals surface area contributed by atoms with Gasteiger partial charge in [0.1, 0.15) is 0 Å². The molecule has 1 aliphatic heterocycles. The van der Waals surface area contributed by atoms with Gasteiger partial charge < -0.3 is 0 Å². The van der Waals surface area contributed by atoms with Gasteiger partial charge in [-0.3, -0.25) is 18.7 Å². The topological polar surface area (TPSA) is 98.4 Å². The molecule has 0 aliphatic carbocycles. The van der Waals surface area contributed by atoms with Crippen molar-refractivity contribution in [2.45, 2.75) is 12.3 Å². The lowest BCUT2D eigenvalue weighted by Gasteiger charge is -2.28. The number of hydrogen-bond acceptors (Lipinski definition) is 5. The summed E-state index contributed by atoms with van der Waals surface area (Å²) in [4.78, 5) is 36.3. The second-order valence-corrected chi connectivity index (χ2v) is 7.49. The van der Waals surface area contributed by atoms with E-state index in [2.05, 4.69) is 0 Å². The Bertz CT molecular complexity index is 1070. The highest BCUT2D eigenvalue weighted by Gasteiger charge is 2.36. The first-order chi connectivity index (χ1) is 11.2. The molecule has 1 aromatic carbocycles. The summed E-state index contributed by atoms with van der Waals surface area (Å²) in [5.41, 5.74) is -0.243. The van der Waals surface area contributed by atoms with Gasteiger partial charge in [0, 0.05) is 31.4 Å². The van der Waals surface area contributed by atoms with Gasteiger partial charge in [0.15, 0.2) is 0 Å². The summed E-state index contributed by atoms with van der Waals surface area (Å²) in [6.45, 7) is -0.364. The van der Waals surface area contributed by atoms with E-state index >= 15 is 0 Å². The van der Waals surface area contributed by atoms with Crippen molar-refractivity contribution in [3.05, 3.63) is 68.0 Å². The molecule has 0 spiro atoms. The van der Waals surface area contributed by atoms with Crippen LogP contribution in [0.25, 0.3) is 0 Å². The molecule has 2 heterocycles. The van der Waals surface area contributed by atoms with Crippen molar-refractivity contribution in [3.63, 3.8) is 0 Å². The SMILES string of the molecule is Cn1c(CN2C(=O)c3ccccc3CS2(=O)=O)cc(=O)n(C)c1=O. The van der Waals surface area contributed by atoms with E-state index in [0.29, 0.717) is 15.4 Å². The average molecular weight is 349 g/mol. The third kappa shape index (κ3) is 2.46. The number of hydrogen-bond donors (Lipinski definition) is 0. The van der Waals surface area contributed by atoms with E-state index in [1.807, 2.05) is 0 Å². The number of carbonyl (C=O) groups excluding carboxylic acids is 1. The maximum Gasteiger partial charge on any atom is 0.330 e. The molecule has 126 valence electrons. The second-order valence-electron chi connectivity index (χ2n) is 5.60. The largest absolute Gasteiger partial charge is 0.330 e. The fourth-order valence-corrected chi connectivity index (χ4v) is 4.12. The summed E-state index contributed by atoms with van der Waals surface area (Å²) in [5, 5.41) is 0. The highest BCUT2D eigenvalue weighted by Crippen LogP contribution is 2.25. The van der Waals surface area contributed by atoms with Gasteiger partial charge in [0.25, 0.3) is 11.5 Å². The number of nitrogens with zero attached hydrogens (tertiary/aromatic N) is 3. The predicted octanol–water partition coefficient (Wildman–Crippen LogP) is -0.430. The molecule has 0 fully saturated rings. The van der Waals surface area contributed by atoms with Gasteiger partial charge in [0.2, 0.25) is 10.0 Å².